The van der Waals surface area contributed by atoms with Crippen LogP contribution >= 0.6 is 0 Å². The van der Waals surface area contributed by atoms with Crippen molar-refractivity contribution >= 4 is 16.9 Å². The van der Waals surface area contributed by atoms with Gasteiger partial charge in [-0.1, -0.05) is 12.1 Å². The van der Waals surface area contributed by atoms with Crippen LogP contribution in [0, 0.1) is 11.3 Å². The summed E-state index contributed by atoms with van der Waals surface area (Å²) in [4.78, 5) is 0. The van der Waals surface area contributed by atoms with Crippen LogP contribution < -0.4 is 11.1 Å². The Bertz CT molecular complexity index is 839. The first-order valence-electron chi connectivity index (χ1n) is 6.28. The summed E-state index contributed by atoms with van der Waals surface area (Å²) >= 11 is 0. The van der Waals surface area contributed by atoms with Crippen LogP contribution in [-0.4, -0.2) is 30.4 Å². The summed E-state index contributed by atoms with van der Waals surface area (Å²) in [7, 11) is 0. The van der Waals surface area contributed by atoms with Crippen molar-refractivity contribution in [2.75, 3.05) is 11.1 Å². The summed E-state index contributed by atoms with van der Waals surface area (Å²) in [5.41, 5.74) is 8.25. The lowest BCUT2D eigenvalue weighted by molar-refractivity contribution is 0.881. The van der Waals surface area contributed by atoms with Gasteiger partial charge in [0.15, 0.2) is 0 Å². The minimum absolute atomic E-state index is 0.217. The van der Waals surface area contributed by atoms with Gasteiger partial charge in [-0.05, 0) is 17.3 Å². The van der Waals surface area contributed by atoms with Crippen LogP contribution in [0.25, 0.3) is 11.3 Å². The second kappa shape index (κ2) is 5.76. The average molecular weight is 293 g/mol. The molecular formula is C13H11N9. The van der Waals surface area contributed by atoms with Gasteiger partial charge in [0.1, 0.15) is 11.6 Å². The van der Waals surface area contributed by atoms with E-state index in [0.717, 1.165) is 5.69 Å². The molecule has 4 N–H and O–H groups in total. The van der Waals surface area contributed by atoms with E-state index in [9.17, 15) is 0 Å². The Labute approximate surface area is 125 Å². The lowest BCUT2D eigenvalue weighted by Crippen LogP contribution is -1.99. The summed E-state index contributed by atoms with van der Waals surface area (Å²) in [5, 5.41) is 29.5. The number of nitrogens with two attached hydrogens (primary N) is 1. The molecule has 3 rings (SSSR count). The highest BCUT2D eigenvalue weighted by Crippen LogP contribution is 2.18. The van der Waals surface area contributed by atoms with Gasteiger partial charge < -0.3 is 11.1 Å². The second-order valence-corrected chi connectivity index (χ2v) is 4.28. The summed E-state index contributed by atoms with van der Waals surface area (Å²) in [6, 6.07) is 9.39. The van der Waals surface area contributed by atoms with Crippen LogP contribution in [0.1, 0.15) is 5.82 Å². The van der Waals surface area contributed by atoms with E-state index in [2.05, 4.69) is 31.0 Å². The number of anilines is 2. The number of rotatable bonds is 4. The number of nitrogens with zero attached hydrogens (tertiary/aromatic N) is 6. The third-order valence-corrected chi connectivity index (χ3v) is 2.86. The normalized spacial score (nSPS) is 11.1. The molecule has 9 nitrogen and oxygen atoms in total. The van der Waals surface area contributed by atoms with Gasteiger partial charge in [-0.15, -0.1) is 10.2 Å². The first kappa shape index (κ1) is 13.3. The number of nitriles is 1. The van der Waals surface area contributed by atoms with E-state index in [4.69, 9.17) is 11.0 Å². The molecule has 0 unspecified atom stereocenters. The van der Waals surface area contributed by atoms with Crippen LogP contribution in [0.2, 0.25) is 0 Å². The highest BCUT2D eigenvalue weighted by atomic mass is 15.5. The van der Waals surface area contributed by atoms with Crippen LogP contribution in [0.5, 0.6) is 0 Å². The van der Waals surface area contributed by atoms with Gasteiger partial charge in [0.25, 0.3) is 0 Å². The number of H-pyrrole nitrogens is 1. The monoisotopic (exact) mass is 293 g/mol. The molecule has 0 aliphatic heterocycles. The fraction of sp³-hybridized carbons (Fsp3) is 0. The lowest BCUT2D eigenvalue weighted by Gasteiger charge is -2.04. The third kappa shape index (κ3) is 2.61. The molecule has 108 valence electrons. The number of benzene rings is 1. The van der Waals surface area contributed by atoms with E-state index >= 15 is 0 Å². The topological polar surface area (TPSA) is 134 Å². The number of tetrazole rings is 1. The number of hydrogen-bond donors (Lipinski definition) is 3. The molecule has 0 aliphatic carbocycles. The minimum atomic E-state index is 0.217. The SMILES string of the molecule is N#CC(=CNc1cnn(-c2ccccc2N)c1)c1nn[nH]n1. The summed E-state index contributed by atoms with van der Waals surface area (Å²) < 4.78 is 1.64. The first-order chi connectivity index (χ1) is 10.8. The van der Waals surface area contributed by atoms with E-state index in [1.165, 1.54) is 6.20 Å². The number of nitrogens with one attached hydrogen (secondary N) is 2. The zero-order chi connectivity index (χ0) is 15.4. The molecule has 0 aliphatic rings. The maximum Gasteiger partial charge on any atom is 0.216 e. The van der Waals surface area contributed by atoms with Crippen molar-refractivity contribution in [3.8, 4) is 11.8 Å². The molecule has 0 radical (unpaired) electrons. The van der Waals surface area contributed by atoms with Crippen LogP contribution in [0.3, 0.4) is 0 Å². The highest BCUT2D eigenvalue weighted by Gasteiger charge is 2.06. The van der Waals surface area contributed by atoms with Crippen molar-refractivity contribution in [1.29, 1.82) is 5.26 Å². The molecule has 0 amide bonds. The number of para-hydroxylation sites is 2. The van der Waals surface area contributed by atoms with Crippen LogP contribution in [0.4, 0.5) is 11.4 Å². The van der Waals surface area contributed by atoms with Crippen molar-refractivity contribution in [2.45, 2.75) is 0 Å². The van der Waals surface area contributed by atoms with E-state index in [0.29, 0.717) is 11.4 Å². The lowest BCUT2D eigenvalue weighted by atomic mass is 10.3. The Hall–Kier alpha value is -3.67. The standard InChI is InChI=1S/C13H11N9/c14-5-9(13-18-20-21-19-13)6-16-10-7-17-22(8-10)12-4-2-1-3-11(12)15/h1-4,6-8,16H,15H2,(H,18,19,20,21). The Kier molecular flexibility index (Phi) is 3.49. The predicted octanol–water partition coefficient (Wildman–Crippen LogP) is 0.944. The molecule has 3 aromatic rings. The number of nitrogen functional groups attached to an aromatic ring is 1. The number of aromatic nitrogens is 6. The van der Waals surface area contributed by atoms with Gasteiger partial charge in [-0.2, -0.15) is 15.6 Å². The Balaban J connectivity index is 1.81. The molecule has 0 spiro atoms. The fourth-order valence-corrected chi connectivity index (χ4v) is 1.80. The summed E-state index contributed by atoms with van der Waals surface area (Å²) in [6.45, 7) is 0. The Morgan fingerprint density at radius 2 is 2.27 bits per heavy atom. The number of aromatic amines is 1. The molecule has 0 atom stereocenters. The number of hydrogen-bond acceptors (Lipinski definition) is 7. The molecule has 0 fully saturated rings. The molecule has 9 heteroatoms. The average Bonchev–Trinajstić information content (AvgIpc) is 3.20. The molecule has 0 saturated heterocycles. The van der Waals surface area contributed by atoms with Gasteiger partial charge in [0.05, 0.1) is 29.5 Å². The number of allylic oxidation sites excluding steroid dienone is 1. The van der Waals surface area contributed by atoms with Crippen LogP contribution in [0.15, 0.2) is 42.9 Å². The van der Waals surface area contributed by atoms with Gasteiger partial charge in [-0.25, -0.2) is 4.68 Å². The summed E-state index contributed by atoms with van der Waals surface area (Å²) in [6.07, 6.45) is 4.86. The van der Waals surface area contributed by atoms with Gasteiger partial charge >= 0.3 is 0 Å². The summed E-state index contributed by atoms with van der Waals surface area (Å²) in [5.74, 6) is 0.217. The van der Waals surface area contributed by atoms with E-state index in [-0.39, 0.29) is 11.4 Å². The van der Waals surface area contributed by atoms with Crippen LogP contribution in [-0.2, 0) is 0 Å². The van der Waals surface area contributed by atoms with E-state index in [1.54, 1.807) is 23.1 Å². The highest BCUT2D eigenvalue weighted by molar-refractivity contribution is 5.73. The predicted molar refractivity (Wildman–Crippen MR) is 79.4 cm³/mol. The molecule has 2 aromatic heterocycles. The van der Waals surface area contributed by atoms with E-state index in [1.807, 2.05) is 24.3 Å². The minimum Gasteiger partial charge on any atom is -0.397 e. The largest absolute Gasteiger partial charge is 0.397 e. The molecule has 0 bridgehead atoms. The zero-order valence-corrected chi connectivity index (χ0v) is 11.3. The second-order valence-electron chi connectivity index (χ2n) is 4.28. The maximum atomic E-state index is 9.08. The van der Waals surface area contributed by atoms with Crippen molar-refractivity contribution in [1.82, 2.24) is 30.4 Å². The third-order valence-electron chi connectivity index (χ3n) is 2.86. The van der Waals surface area contributed by atoms with Crippen molar-refractivity contribution in [2.24, 2.45) is 0 Å². The fourth-order valence-electron chi connectivity index (χ4n) is 1.80. The Morgan fingerprint density at radius 1 is 1.41 bits per heavy atom. The van der Waals surface area contributed by atoms with Gasteiger partial charge in [0.2, 0.25) is 5.82 Å². The van der Waals surface area contributed by atoms with Gasteiger partial charge in [0, 0.05) is 6.20 Å². The molecule has 22 heavy (non-hydrogen) atoms. The zero-order valence-electron chi connectivity index (χ0n) is 11.3. The molecule has 1 aromatic carbocycles. The Morgan fingerprint density at radius 3 is 3.00 bits per heavy atom. The van der Waals surface area contributed by atoms with Crippen molar-refractivity contribution in [3.63, 3.8) is 0 Å². The van der Waals surface area contributed by atoms with Crippen molar-refractivity contribution in [3.05, 3.63) is 48.7 Å². The van der Waals surface area contributed by atoms with Crippen molar-refractivity contribution < 1.29 is 0 Å². The smallest absolute Gasteiger partial charge is 0.216 e. The molecule has 2 heterocycles. The maximum absolute atomic E-state index is 9.08. The molecule has 0 saturated carbocycles. The first-order valence-corrected chi connectivity index (χ1v) is 6.28. The van der Waals surface area contributed by atoms with E-state index < -0.39 is 0 Å². The van der Waals surface area contributed by atoms with Gasteiger partial charge in [-0.3, -0.25) is 0 Å². The molecular weight excluding hydrogens is 282 g/mol. The quantitative estimate of drug-likeness (QED) is 0.481.